The Morgan fingerprint density at radius 3 is 2.48 bits per heavy atom. The molecule has 0 atom stereocenters. The summed E-state index contributed by atoms with van der Waals surface area (Å²) in [6.07, 6.45) is 1.46. The number of nitrogen functional groups attached to an aromatic ring is 1. The first-order valence-electron chi connectivity index (χ1n) is 8.24. The molecule has 0 aliphatic carbocycles. The van der Waals surface area contributed by atoms with Gasteiger partial charge in [0.25, 0.3) is 11.8 Å². The fourth-order valence-electron chi connectivity index (χ4n) is 2.61. The summed E-state index contributed by atoms with van der Waals surface area (Å²) in [5, 5.41) is 19.0. The Kier molecular flexibility index (Phi) is 4.44. The van der Waals surface area contributed by atoms with Crippen LogP contribution in [0.3, 0.4) is 0 Å². The SMILES string of the molecule is Cn1nccc1C(=O)NNC(=O)c1nnn(-c2nonc2N)c1-c1ccccc1. The van der Waals surface area contributed by atoms with Crippen molar-refractivity contribution in [3.63, 3.8) is 0 Å². The third kappa shape index (κ3) is 3.27. The van der Waals surface area contributed by atoms with Crippen molar-refractivity contribution in [3.8, 4) is 17.1 Å². The van der Waals surface area contributed by atoms with Crippen molar-refractivity contribution in [2.24, 2.45) is 7.05 Å². The highest BCUT2D eigenvalue weighted by Gasteiger charge is 2.25. The van der Waals surface area contributed by atoms with Gasteiger partial charge in [0.05, 0.1) is 0 Å². The summed E-state index contributed by atoms with van der Waals surface area (Å²) in [6.45, 7) is 0. The van der Waals surface area contributed by atoms with Gasteiger partial charge in [0, 0.05) is 18.8 Å². The Labute approximate surface area is 162 Å². The second-order valence-corrected chi connectivity index (χ2v) is 5.79. The molecule has 3 heterocycles. The van der Waals surface area contributed by atoms with E-state index in [-0.39, 0.29) is 23.0 Å². The van der Waals surface area contributed by atoms with Crippen molar-refractivity contribution in [1.82, 2.24) is 45.9 Å². The molecule has 146 valence electrons. The molecule has 4 rings (SSSR count). The largest absolute Gasteiger partial charge is 0.378 e. The number of amides is 2. The molecule has 0 fully saturated rings. The maximum Gasteiger partial charge on any atom is 0.292 e. The van der Waals surface area contributed by atoms with Crippen molar-refractivity contribution >= 4 is 17.6 Å². The molecule has 0 unspecified atom stereocenters. The molecule has 13 nitrogen and oxygen atoms in total. The third-order valence-electron chi connectivity index (χ3n) is 3.97. The number of aryl methyl sites for hydroxylation is 1. The minimum Gasteiger partial charge on any atom is -0.378 e. The fraction of sp³-hybridized carbons (Fsp3) is 0.0625. The highest BCUT2D eigenvalue weighted by atomic mass is 16.6. The standard InChI is InChI=1S/C16H14N10O3/c1-25-10(7-8-18-25)15(27)20-21-16(28)11-12(9-5-3-2-4-6-9)26(24-19-11)14-13(17)22-29-23-14/h2-8H,1H3,(H2,17,22)(H,20,27)(H,21,28). The molecule has 0 bridgehead atoms. The van der Waals surface area contributed by atoms with Gasteiger partial charge in [-0.05, 0) is 16.4 Å². The molecule has 29 heavy (non-hydrogen) atoms. The van der Waals surface area contributed by atoms with Crippen LogP contribution in [0.2, 0.25) is 0 Å². The molecule has 13 heteroatoms. The van der Waals surface area contributed by atoms with Crippen molar-refractivity contribution in [3.05, 3.63) is 54.0 Å². The lowest BCUT2D eigenvalue weighted by molar-refractivity contribution is 0.0839. The van der Waals surface area contributed by atoms with E-state index < -0.39 is 11.8 Å². The van der Waals surface area contributed by atoms with E-state index in [2.05, 4.69) is 41.2 Å². The summed E-state index contributed by atoms with van der Waals surface area (Å²) in [7, 11) is 1.60. The van der Waals surface area contributed by atoms with Crippen LogP contribution in [0, 0.1) is 0 Å². The summed E-state index contributed by atoms with van der Waals surface area (Å²) >= 11 is 0. The van der Waals surface area contributed by atoms with E-state index in [4.69, 9.17) is 5.73 Å². The zero-order valence-electron chi connectivity index (χ0n) is 15.0. The molecule has 0 saturated carbocycles. The number of carbonyl (C=O) groups excluding carboxylic acids is 2. The lowest BCUT2D eigenvalue weighted by Crippen LogP contribution is -2.42. The van der Waals surface area contributed by atoms with Gasteiger partial charge in [0.2, 0.25) is 11.6 Å². The highest BCUT2D eigenvalue weighted by Crippen LogP contribution is 2.26. The maximum absolute atomic E-state index is 12.7. The van der Waals surface area contributed by atoms with E-state index in [1.807, 2.05) is 6.07 Å². The van der Waals surface area contributed by atoms with Gasteiger partial charge in [0.1, 0.15) is 11.4 Å². The number of nitrogens with one attached hydrogen (secondary N) is 2. The lowest BCUT2D eigenvalue weighted by Gasteiger charge is -2.08. The molecule has 0 aliphatic rings. The summed E-state index contributed by atoms with van der Waals surface area (Å²) in [4.78, 5) is 24.9. The zero-order valence-corrected chi connectivity index (χ0v) is 15.0. The van der Waals surface area contributed by atoms with Gasteiger partial charge in [-0.2, -0.15) is 9.78 Å². The minimum atomic E-state index is -0.694. The third-order valence-corrected chi connectivity index (χ3v) is 3.97. The van der Waals surface area contributed by atoms with E-state index in [0.29, 0.717) is 11.3 Å². The van der Waals surface area contributed by atoms with Crippen molar-refractivity contribution in [2.75, 3.05) is 5.73 Å². The Morgan fingerprint density at radius 1 is 1.07 bits per heavy atom. The molecule has 4 N–H and O–H groups in total. The number of anilines is 1. The first-order chi connectivity index (χ1) is 14.1. The number of hydrogen-bond acceptors (Lipinski definition) is 9. The zero-order chi connectivity index (χ0) is 20.4. The summed E-state index contributed by atoms with van der Waals surface area (Å²) in [5.41, 5.74) is 11.5. The van der Waals surface area contributed by atoms with Gasteiger partial charge in [-0.1, -0.05) is 35.5 Å². The maximum atomic E-state index is 12.7. The van der Waals surface area contributed by atoms with E-state index in [1.165, 1.54) is 21.6 Å². The van der Waals surface area contributed by atoms with E-state index in [0.717, 1.165) is 0 Å². The fourth-order valence-corrected chi connectivity index (χ4v) is 2.61. The van der Waals surface area contributed by atoms with Gasteiger partial charge in [-0.3, -0.25) is 25.1 Å². The lowest BCUT2D eigenvalue weighted by atomic mass is 10.1. The van der Waals surface area contributed by atoms with Crippen LogP contribution in [0.25, 0.3) is 17.1 Å². The molecular formula is C16H14N10O3. The molecule has 0 radical (unpaired) electrons. The van der Waals surface area contributed by atoms with Crippen LogP contribution >= 0.6 is 0 Å². The normalized spacial score (nSPS) is 10.7. The first-order valence-corrected chi connectivity index (χ1v) is 8.24. The highest BCUT2D eigenvalue weighted by molar-refractivity contribution is 6.00. The summed E-state index contributed by atoms with van der Waals surface area (Å²) < 4.78 is 7.22. The monoisotopic (exact) mass is 394 g/mol. The van der Waals surface area contributed by atoms with Crippen LogP contribution in [0.4, 0.5) is 5.82 Å². The number of nitrogens with two attached hydrogens (primary N) is 1. The predicted octanol–water partition coefficient (Wildman–Crippen LogP) is -0.292. The second kappa shape index (κ2) is 7.22. The molecule has 0 aliphatic heterocycles. The second-order valence-electron chi connectivity index (χ2n) is 5.79. The minimum absolute atomic E-state index is 0.0245. The Hall–Kier alpha value is -4.55. The van der Waals surface area contributed by atoms with Gasteiger partial charge in [-0.25, -0.2) is 4.63 Å². The van der Waals surface area contributed by atoms with Crippen LogP contribution < -0.4 is 16.6 Å². The number of carbonyl (C=O) groups is 2. The molecular weight excluding hydrogens is 380 g/mol. The van der Waals surface area contributed by atoms with Gasteiger partial charge >= 0.3 is 0 Å². The summed E-state index contributed by atoms with van der Waals surface area (Å²) in [6, 6.07) is 10.4. The van der Waals surface area contributed by atoms with Crippen LogP contribution in [-0.4, -0.2) is 46.9 Å². The Morgan fingerprint density at radius 2 is 1.83 bits per heavy atom. The van der Waals surface area contributed by atoms with Crippen molar-refractivity contribution in [2.45, 2.75) is 0 Å². The Bertz CT molecular complexity index is 1180. The molecule has 0 saturated heterocycles. The Balaban J connectivity index is 1.66. The number of hydrazine groups is 1. The number of rotatable bonds is 4. The van der Waals surface area contributed by atoms with Crippen molar-refractivity contribution in [1.29, 1.82) is 0 Å². The van der Waals surface area contributed by atoms with E-state index in [9.17, 15) is 9.59 Å². The molecule has 0 spiro atoms. The van der Waals surface area contributed by atoms with Gasteiger partial charge < -0.3 is 5.73 Å². The smallest absolute Gasteiger partial charge is 0.292 e. The van der Waals surface area contributed by atoms with Crippen LogP contribution in [0.15, 0.2) is 47.2 Å². The molecule has 4 aromatic rings. The average molecular weight is 394 g/mol. The first kappa shape index (κ1) is 17.8. The predicted molar refractivity (Wildman–Crippen MR) is 97.2 cm³/mol. The van der Waals surface area contributed by atoms with Crippen LogP contribution in [-0.2, 0) is 7.05 Å². The number of nitrogens with zero attached hydrogens (tertiary/aromatic N) is 7. The summed E-state index contributed by atoms with van der Waals surface area (Å²) in [5.74, 6) is -1.18. The number of hydrogen-bond donors (Lipinski definition) is 3. The molecule has 2 amide bonds. The van der Waals surface area contributed by atoms with Crippen LogP contribution in [0.5, 0.6) is 0 Å². The van der Waals surface area contributed by atoms with E-state index >= 15 is 0 Å². The van der Waals surface area contributed by atoms with E-state index in [1.54, 1.807) is 31.3 Å². The molecule has 3 aromatic heterocycles. The van der Waals surface area contributed by atoms with Gasteiger partial charge in [0.15, 0.2) is 5.69 Å². The number of aromatic nitrogens is 7. The quantitative estimate of drug-likeness (QED) is 0.393. The van der Waals surface area contributed by atoms with Crippen molar-refractivity contribution < 1.29 is 14.2 Å². The molecule has 1 aromatic carbocycles. The topological polar surface area (TPSA) is 172 Å². The number of benzene rings is 1. The van der Waals surface area contributed by atoms with Gasteiger partial charge in [-0.15, -0.1) is 5.10 Å². The van der Waals surface area contributed by atoms with Crippen LogP contribution in [0.1, 0.15) is 21.0 Å². The average Bonchev–Trinajstić information content (AvgIpc) is 3.45.